The van der Waals surface area contributed by atoms with Crippen molar-refractivity contribution >= 4 is 23.2 Å². The van der Waals surface area contributed by atoms with Crippen LogP contribution in [0.1, 0.15) is 12.0 Å². The van der Waals surface area contributed by atoms with Crippen molar-refractivity contribution in [3.8, 4) is 11.8 Å². The highest BCUT2D eigenvalue weighted by Crippen LogP contribution is 2.14. The number of benzene rings is 1. The number of rotatable bonds is 1. The Balaban J connectivity index is 2.81. The second-order valence-electron chi connectivity index (χ2n) is 2.37. The third-order valence-electron chi connectivity index (χ3n) is 1.37. The first-order valence-electron chi connectivity index (χ1n) is 3.74. The van der Waals surface area contributed by atoms with E-state index in [1.165, 1.54) is 12.1 Å². The Morgan fingerprint density at radius 1 is 1.38 bits per heavy atom. The van der Waals surface area contributed by atoms with Crippen LogP contribution in [0, 0.1) is 17.7 Å². The summed E-state index contributed by atoms with van der Waals surface area (Å²) in [6.07, 6.45) is 0.603. The molecule has 0 bridgehead atoms. The van der Waals surface area contributed by atoms with Gasteiger partial charge in [-0.3, -0.25) is 0 Å². The zero-order chi connectivity index (χ0) is 9.68. The molecule has 0 aliphatic carbocycles. The van der Waals surface area contributed by atoms with Crippen LogP contribution in [0.4, 0.5) is 4.39 Å². The monoisotopic (exact) mass is 216 g/mol. The molecule has 0 spiro atoms. The third-order valence-corrected chi connectivity index (χ3v) is 1.87. The smallest absolute Gasteiger partial charge is 0.143 e. The Labute approximate surface area is 86.7 Å². The first-order valence-corrected chi connectivity index (χ1v) is 4.65. The van der Waals surface area contributed by atoms with E-state index in [9.17, 15) is 4.39 Å². The van der Waals surface area contributed by atoms with E-state index < -0.39 is 5.82 Å². The maximum Gasteiger partial charge on any atom is 0.143 e. The molecule has 0 aliphatic rings. The molecule has 1 aromatic carbocycles. The van der Waals surface area contributed by atoms with E-state index in [-0.39, 0.29) is 5.02 Å². The Morgan fingerprint density at radius 2 is 2.15 bits per heavy atom. The lowest BCUT2D eigenvalue weighted by molar-refractivity contribution is 0.628. The maximum absolute atomic E-state index is 12.9. The van der Waals surface area contributed by atoms with E-state index in [1.807, 2.05) is 0 Å². The molecule has 68 valence electrons. The van der Waals surface area contributed by atoms with Crippen molar-refractivity contribution in [3.63, 3.8) is 0 Å². The van der Waals surface area contributed by atoms with Crippen molar-refractivity contribution in [2.24, 2.45) is 0 Å². The molecule has 0 unspecified atom stereocenters. The van der Waals surface area contributed by atoms with Gasteiger partial charge in [-0.1, -0.05) is 23.4 Å². The lowest BCUT2D eigenvalue weighted by atomic mass is 10.2. The third kappa shape index (κ3) is 3.26. The minimum atomic E-state index is -0.445. The van der Waals surface area contributed by atoms with Gasteiger partial charge in [-0.25, -0.2) is 4.39 Å². The molecular weight excluding hydrogens is 210 g/mol. The van der Waals surface area contributed by atoms with Crippen LogP contribution in [0.3, 0.4) is 0 Å². The highest BCUT2D eigenvalue weighted by Gasteiger charge is 1.97. The molecule has 0 radical (unpaired) electrons. The Kier molecular flexibility index (Phi) is 4.08. The van der Waals surface area contributed by atoms with E-state index in [4.69, 9.17) is 23.2 Å². The van der Waals surface area contributed by atoms with Crippen molar-refractivity contribution in [1.29, 1.82) is 0 Å². The van der Waals surface area contributed by atoms with Crippen LogP contribution in [0.25, 0.3) is 0 Å². The summed E-state index contributed by atoms with van der Waals surface area (Å²) >= 11 is 10.9. The summed E-state index contributed by atoms with van der Waals surface area (Å²) < 4.78 is 12.9. The van der Waals surface area contributed by atoms with Gasteiger partial charge in [0, 0.05) is 17.9 Å². The summed E-state index contributed by atoms with van der Waals surface area (Å²) in [5, 5.41) is 0.114. The molecule has 0 aliphatic heterocycles. The lowest BCUT2D eigenvalue weighted by Gasteiger charge is -1.93. The lowest BCUT2D eigenvalue weighted by Crippen LogP contribution is -1.80. The summed E-state index contributed by atoms with van der Waals surface area (Å²) in [5.74, 6) is 5.63. The van der Waals surface area contributed by atoms with Crippen LogP contribution >= 0.6 is 23.2 Å². The number of alkyl halides is 1. The van der Waals surface area contributed by atoms with Crippen molar-refractivity contribution in [2.45, 2.75) is 6.42 Å². The van der Waals surface area contributed by atoms with Crippen LogP contribution in [0.2, 0.25) is 5.02 Å². The van der Waals surface area contributed by atoms with Crippen molar-refractivity contribution in [1.82, 2.24) is 0 Å². The van der Waals surface area contributed by atoms with Gasteiger partial charge in [0.25, 0.3) is 0 Å². The highest BCUT2D eigenvalue weighted by atomic mass is 35.5. The predicted molar refractivity (Wildman–Crippen MR) is 53.6 cm³/mol. The zero-order valence-electron chi connectivity index (χ0n) is 6.78. The fourth-order valence-electron chi connectivity index (χ4n) is 0.786. The summed E-state index contributed by atoms with van der Waals surface area (Å²) in [6.45, 7) is 0. The maximum atomic E-state index is 12.9. The van der Waals surface area contributed by atoms with Crippen LogP contribution < -0.4 is 0 Å². The molecule has 1 aromatic rings. The number of hydrogen-bond acceptors (Lipinski definition) is 0. The number of halogens is 3. The molecule has 13 heavy (non-hydrogen) atoms. The average molecular weight is 217 g/mol. The molecule has 0 amide bonds. The summed E-state index contributed by atoms with van der Waals surface area (Å²) in [5.41, 5.74) is 0.618. The molecule has 3 heteroatoms. The molecule has 0 aromatic heterocycles. The van der Waals surface area contributed by atoms with Gasteiger partial charge >= 0.3 is 0 Å². The second-order valence-corrected chi connectivity index (χ2v) is 3.15. The van der Waals surface area contributed by atoms with Crippen LogP contribution in [-0.4, -0.2) is 5.88 Å². The largest absolute Gasteiger partial charge is 0.205 e. The summed E-state index contributed by atoms with van der Waals surface area (Å²) in [6, 6.07) is 4.47. The minimum Gasteiger partial charge on any atom is -0.205 e. The second kappa shape index (κ2) is 5.11. The topological polar surface area (TPSA) is 0 Å². The fourth-order valence-corrected chi connectivity index (χ4v) is 0.998. The summed E-state index contributed by atoms with van der Waals surface area (Å²) in [7, 11) is 0. The summed E-state index contributed by atoms with van der Waals surface area (Å²) in [4.78, 5) is 0. The van der Waals surface area contributed by atoms with Crippen molar-refractivity contribution < 1.29 is 4.39 Å². The highest BCUT2D eigenvalue weighted by molar-refractivity contribution is 6.30. The molecule has 0 fully saturated rings. The van der Waals surface area contributed by atoms with E-state index in [0.29, 0.717) is 17.9 Å². The Morgan fingerprint density at radius 3 is 2.77 bits per heavy atom. The van der Waals surface area contributed by atoms with Gasteiger partial charge in [-0.05, 0) is 18.2 Å². The minimum absolute atomic E-state index is 0.114. The SMILES string of the molecule is Fc1cc(C#CCCCl)ccc1Cl. The molecule has 0 atom stereocenters. The van der Waals surface area contributed by atoms with Gasteiger partial charge < -0.3 is 0 Å². The van der Waals surface area contributed by atoms with Gasteiger partial charge in [0.05, 0.1) is 5.02 Å². The predicted octanol–water partition coefficient (Wildman–Crippen LogP) is 3.46. The van der Waals surface area contributed by atoms with E-state index in [2.05, 4.69) is 11.8 Å². The molecular formula is C10H7Cl2F. The van der Waals surface area contributed by atoms with E-state index in [0.717, 1.165) is 0 Å². The first-order chi connectivity index (χ1) is 6.24. The molecule has 0 nitrogen and oxygen atoms in total. The first kappa shape index (κ1) is 10.4. The van der Waals surface area contributed by atoms with E-state index in [1.54, 1.807) is 6.07 Å². The van der Waals surface area contributed by atoms with Crippen molar-refractivity contribution in [3.05, 3.63) is 34.6 Å². The van der Waals surface area contributed by atoms with E-state index >= 15 is 0 Å². The molecule has 0 saturated heterocycles. The van der Waals surface area contributed by atoms with Gasteiger partial charge in [0.1, 0.15) is 5.82 Å². The van der Waals surface area contributed by atoms with Gasteiger partial charge in [0.15, 0.2) is 0 Å². The zero-order valence-corrected chi connectivity index (χ0v) is 8.29. The normalized spacial score (nSPS) is 9.15. The van der Waals surface area contributed by atoms with Crippen LogP contribution in [0.15, 0.2) is 18.2 Å². The quantitative estimate of drug-likeness (QED) is 0.499. The molecule has 0 saturated carbocycles. The van der Waals surface area contributed by atoms with Crippen LogP contribution in [-0.2, 0) is 0 Å². The van der Waals surface area contributed by atoms with Crippen LogP contribution in [0.5, 0.6) is 0 Å². The van der Waals surface area contributed by atoms with Gasteiger partial charge in [0.2, 0.25) is 0 Å². The Bertz CT molecular complexity index is 350. The van der Waals surface area contributed by atoms with Crippen molar-refractivity contribution in [2.75, 3.05) is 5.88 Å². The fraction of sp³-hybridized carbons (Fsp3) is 0.200. The molecule has 1 rings (SSSR count). The average Bonchev–Trinajstić information content (AvgIpc) is 2.12. The van der Waals surface area contributed by atoms with Gasteiger partial charge in [-0.2, -0.15) is 0 Å². The number of hydrogen-bond donors (Lipinski definition) is 0. The van der Waals surface area contributed by atoms with Gasteiger partial charge in [-0.15, -0.1) is 11.6 Å². The standard InChI is InChI=1S/C10H7Cl2F/c11-6-2-1-3-8-4-5-9(12)10(13)7-8/h4-5,7H,2,6H2. The molecule has 0 N–H and O–H groups in total. The Hall–Kier alpha value is -0.710. The molecule has 0 heterocycles.